The smallest absolute Gasteiger partial charge is 0.123 e. The van der Waals surface area contributed by atoms with Gasteiger partial charge in [0.1, 0.15) is 11.9 Å². The van der Waals surface area contributed by atoms with E-state index in [1.165, 1.54) is 11.1 Å². The summed E-state index contributed by atoms with van der Waals surface area (Å²) in [4.78, 5) is 0. The van der Waals surface area contributed by atoms with E-state index in [4.69, 9.17) is 10.5 Å². The molecule has 88 valence electrons. The standard InChI is InChI=1S/C14H21NO/c1-10-8-12-9-11(4-5-13(12)16-10)6-7-14(2,3)15/h4-5,9-10H,6-8,15H2,1-3H3. The van der Waals surface area contributed by atoms with E-state index >= 15 is 0 Å². The molecule has 1 heterocycles. The molecule has 16 heavy (non-hydrogen) atoms. The summed E-state index contributed by atoms with van der Waals surface area (Å²) in [5.74, 6) is 1.06. The SMILES string of the molecule is CC1Cc2cc(CCC(C)(C)N)ccc2O1. The molecule has 2 nitrogen and oxygen atoms in total. The van der Waals surface area contributed by atoms with Gasteiger partial charge in [0, 0.05) is 12.0 Å². The van der Waals surface area contributed by atoms with Crippen molar-refractivity contribution in [2.75, 3.05) is 0 Å². The molecular formula is C14H21NO. The van der Waals surface area contributed by atoms with Crippen LogP contribution in [0.25, 0.3) is 0 Å². The molecule has 0 aliphatic carbocycles. The maximum Gasteiger partial charge on any atom is 0.123 e. The van der Waals surface area contributed by atoms with Crippen LogP contribution in [0.4, 0.5) is 0 Å². The molecule has 1 atom stereocenters. The van der Waals surface area contributed by atoms with Crippen LogP contribution in [0, 0.1) is 0 Å². The molecule has 2 rings (SSSR count). The second kappa shape index (κ2) is 4.10. The largest absolute Gasteiger partial charge is 0.490 e. The number of nitrogens with two attached hydrogens (primary N) is 1. The Hall–Kier alpha value is -1.02. The fourth-order valence-electron chi connectivity index (χ4n) is 2.10. The number of hydrogen-bond donors (Lipinski definition) is 1. The lowest BCUT2D eigenvalue weighted by atomic mass is 9.95. The molecule has 2 heteroatoms. The third-order valence-electron chi connectivity index (χ3n) is 3.02. The quantitative estimate of drug-likeness (QED) is 0.848. The lowest BCUT2D eigenvalue weighted by molar-refractivity contribution is 0.254. The molecule has 0 spiro atoms. The van der Waals surface area contributed by atoms with Crippen LogP contribution in [0.2, 0.25) is 0 Å². The van der Waals surface area contributed by atoms with Gasteiger partial charge < -0.3 is 10.5 Å². The fraction of sp³-hybridized carbons (Fsp3) is 0.571. The zero-order valence-corrected chi connectivity index (χ0v) is 10.4. The molecule has 0 radical (unpaired) electrons. The van der Waals surface area contributed by atoms with Crippen molar-refractivity contribution in [2.24, 2.45) is 5.73 Å². The Morgan fingerprint density at radius 3 is 2.88 bits per heavy atom. The summed E-state index contributed by atoms with van der Waals surface area (Å²) < 4.78 is 5.68. The first-order valence-corrected chi connectivity index (χ1v) is 6.01. The Morgan fingerprint density at radius 2 is 2.19 bits per heavy atom. The zero-order valence-electron chi connectivity index (χ0n) is 10.4. The number of fused-ring (bicyclic) bond motifs is 1. The average Bonchev–Trinajstić information content (AvgIpc) is 2.52. The number of benzene rings is 1. The molecule has 1 aromatic carbocycles. The van der Waals surface area contributed by atoms with Gasteiger partial charge in [0.2, 0.25) is 0 Å². The van der Waals surface area contributed by atoms with Gasteiger partial charge in [0.15, 0.2) is 0 Å². The fourth-order valence-corrected chi connectivity index (χ4v) is 2.10. The van der Waals surface area contributed by atoms with Crippen LogP contribution in [-0.2, 0) is 12.8 Å². The van der Waals surface area contributed by atoms with Gasteiger partial charge in [-0.05, 0) is 50.8 Å². The monoisotopic (exact) mass is 219 g/mol. The Bertz CT molecular complexity index is 379. The second-order valence-corrected chi connectivity index (χ2v) is 5.56. The third kappa shape index (κ3) is 2.76. The van der Waals surface area contributed by atoms with Crippen molar-refractivity contribution in [3.63, 3.8) is 0 Å². The molecule has 1 aliphatic heterocycles. The Kier molecular flexibility index (Phi) is 2.94. The Labute approximate surface area is 97.8 Å². The van der Waals surface area contributed by atoms with Crippen LogP contribution >= 0.6 is 0 Å². The summed E-state index contributed by atoms with van der Waals surface area (Å²) in [5.41, 5.74) is 8.63. The van der Waals surface area contributed by atoms with Gasteiger partial charge in [-0.25, -0.2) is 0 Å². The van der Waals surface area contributed by atoms with Crippen LogP contribution in [-0.4, -0.2) is 11.6 Å². The number of ether oxygens (including phenoxy) is 1. The molecule has 2 N–H and O–H groups in total. The highest BCUT2D eigenvalue weighted by Crippen LogP contribution is 2.29. The molecule has 0 saturated heterocycles. The lowest BCUT2D eigenvalue weighted by Crippen LogP contribution is -2.32. The van der Waals surface area contributed by atoms with E-state index in [2.05, 4.69) is 39.0 Å². The molecule has 0 bridgehead atoms. The Balaban J connectivity index is 2.05. The van der Waals surface area contributed by atoms with E-state index in [1.807, 2.05) is 0 Å². The van der Waals surface area contributed by atoms with Gasteiger partial charge in [0.05, 0.1) is 0 Å². The van der Waals surface area contributed by atoms with Crippen LogP contribution in [0.3, 0.4) is 0 Å². The van der Waals surface area contributed by atoms with E-state index in [0.717, 1.165) is 25.0 Å². The molecule has 1 aliphatic rings. The van der Waals surface area contributed by atoms with Crippen molar-refractivity contribution in [1.29, 1.82) is 0 Å². The van der Waals surface area contributed by atoms with Crippen molar-refractivity contribution in [3.05, 3.63) is 29.3 Å². The molecule has 1 unspecified atom stereocenters. The maximum atomic E-state index is 5.99. The highest BCUT2D eigenvalue weighted by Gasteiger charge is 2.19. The van der Waals surface area contributed by atoms with E-state index in [1.54, 1.807) is 0 Å². The average molecular weight is 219 g/mol. The highest BCUT2D eigenvalue weighted by molar-refractivity contribution is 5.40. The van der Waals surface area contributed by atoms with Gasteiger partial charge in [-0.2, -0.15) is 0 Å². The predicted octanol–water partition coefficient (Wildman–Crippen LogP) is 2.68. The van der Waals surface area contributed by atoms with Crippen molar-refractivity contribution < 1.29 is 4.74 Å². The lowest BCUT2D eigenvalue weighted by Gasteiger charge is -2.18. The first-order chi connectivity index (χ1) is 7.44. The first-order valence-electron chi connectivity index (χ1n) is 6.01. The van der Waals surface area contributed by atoms with Crippen molar-refractivity contribution >= 4 is 0 Å². The molecule has 0 fully saturated rings. The molecule has 1 aromatic rings. The summed E-state index contributed by atoms with van der Waals surface area (Å²) in [6, 6.07) is 6.52. The first kappa shape index (κ1) is 11.5. The topological polar surface area (TPSA) is 35.2 Å². The van der Waals surface area contributed by atoms with Crippen LogP contribution < -0.4 is 10.5 Å². The van der Waals surface area contributed by atoms with Gasteiger partial charge in [-0.15, -0.1) is 0 Å². The minimum Gasteiger partial charge on any atom is -0.490 e. The molecule has 0 saturated carbocycles. The number of hydrogen-bond acceptors (Lipinski definition) is 2. The summed E-state index contributed by atoms with van der Waals surface area (Å²) in [5, 5.41) is 0. The van der Waals surface area contributed by atoms with Gasteiger partial charge in [0.25, 0.3) is 0 Å². The van der Waals surface area contributed by atoms with Gasteiger partial charge in [-0.3, -0.25) is 0 Å². The van der Waals surface area contributed by atoms with E-state index in [9.17, 15) is 0 Å². The van der Waals surface area contributed by atoms with Crippen molar-refractivity contribution in [2.45, 2.75) is 51.7 Å². The molecule has 0 aromatic heterocycles. The maximum absolute atomic E-state index is 5.99. The number of rotatable bonds is 3. The highest BCUT2D eigenvalue weighted by atomic mass is 16.5. The summed E-state index contributed by atoms with van der Waals surface area (Å²) >= 11 is 0. The van der Waals surface area contributed by atoms with Gasteiger partial charge >= 0.3 is 0 Å². The Morgan fingerprint density at radius 1 is 1.44 bits per heavy atom. The van der Waals surface area contributed by atoms with Crippen LogP contribution in [0.15, 0.2) is 18.2 Å². The predicted molar refractivity (Wildman–Crippen MR) is 66.8 cm³/mol. The van der Waals surface area contributed by atoms with Crippen molar-refractivity contribution in [3.8, 4) is 5.75 Å². The van der Waals surface area contributed by atoms with E-state index in [-0.39, 0.29) is 5.54 Å². The summed E-state index contributed by atoms with van der Waals surface area (Å²) in [6.07, 6.45) is 3.43. The molecule has 0 amide bonds. The van der Waals surface area contributed by atoms with Crippen LogP contribution in [0.1, 0.15) is 38.3 Å². The second-order valence-electron chi connectivity index (χ2n) is 5.56. The van der Waals surface area contributed by atoms with E-state index < -0.39 is 0 Å². The van der Waals surface area contributed by atoms with Crippen LogP contribution in [0.5, 0.6) is 5.75 Å². The normalized spacial score (nSPS) is 19.4. The summed E-state index contributed by atoms with van der Waals surface area (Å²) in [6.45, 7) is 6.26. The molecular weight excluding hydrogens is 198 g/mol. The minimum absolute atomic E-state index is 0.0805. The summed E-state index contributed by atoms with van der Waals surface area (Å²) in [7, 11) is 0. The zero-order chi connectivity index (χ0) is 11.8. The third-order valence-corrected chi connectivity index (χ3v) is 3.02. The van der Waals surface area contributed by atoms with Crippen molar-refractivity contribution in [1.82, 2.24) is 0 Å². The minimum atomic E-state index is -0.0805. The number of aryl methyl sites for hydroxylation is 1. The van der Waals surface area contributed by atoms with Gasteiger partial charge in [-0.1, -0.05) is 12.1 Å². The van der Waals surface area contributed by atoms with E-state index in [0.29, 0.717) is 6.10 Å².